The van der Waals surface area contributed by atoms with Crippen LogP contribution in [0.5, 0.6) is 5.75 Å². The van der Waals surface area contributed by atoms with Crippen LogP contribution in [0.15, 0.2) is 41.8 Å². The van der Waals surface area contributed by atoms with Crippen LogP contribution in [0.4, 0.5) is 5.00 Å². The lowest BCUT2D eigenvalue weighted by molar-refractivity contribution is 0.0739. The molecule has 3 aromatic rings. The van der Waals surface area contributed by atoms with Crippen LogP contribution >= 0.6 is 22.7 Å². The van der Waals surface area contributed by atoms with Gasteiger partial charge in [0, 0.05) is 4.88 Å². The minimum absolute atomic E-state index is 0.0308. The maximum absolute atomic E-state index is 12.9. The van der Waals surface area contributed by atoms with Gasteiger partial charge in [-0.25, -0.2) is 4.79 Å². The van der Waals surface area contributed by atoms with Gasteiger partial charge in [-0.1, -0.05) is 25.1 Å². The number of hydrogen-bond donors (Lipinski definition) is 2. The molecule has 1 aliphatic carbocycles. The molecule has 2 N–H and O–H groups in total. The van der Waals surface area contributed by atoms with E-state index in [-0.39, 0.29) is 18.0 Å². The van der Waals surface area contributed by atoms with Crippen molar-refractivity contribution in [3.63, 3.8) is 0 Å². The Hall–Kier alpha value is -2.64. The lowest BCUT2D eigenvalue weighted by atomic mass is 9.88. The standard InChI is InChI=1S/C22H20N2O3S2/c1-12-7-8-15-17(10-12)29-21-18(15)20(25)23-19(24-21)13-4-2-5-14(11-13)27-22(26)16-6-3-9-28-16/h2-6,9,11-12,19,24H,7-8,10H2,1H3,(H,23,25)/t12-,19+/m0/s1. The molecule has 1 aromatic carbocycles. The van der Waals surface area contributed by atoms with Gasteiger partial charge in [0.25, 0.3) is 5.91 Å². The Morgan fingerprint density at radius 2 is 2.10 bits per heavy atom. The summed E-state index contributed by atoms with van der Waals surface area (Å²) in [5.41, 5.74) is 2.87. The Bertz CT molecular complexity index is 1090. The molecule has 3 heterocycles. The monoisotopic (exact) mass is 424 g/mol. The fraction of sp³-hybridized carbons (Fsp3) is 0.273. The summed E-state index contributed by atoms with van der Waals surface area (Å²) >= 11 is 3.05. The number of carbonyl (C=O) groups is 2. The highest BCUT2D eigenvalue weighted by Gasteiger charge is 2.33. The van der Waals surface area contributed by atoms with E-state index in [0.717, 1.165) is 35.4 Å². The van der Waals surface area contributed by atoms with Crippen molar-refractivity contribution in [2.24, 2.45) is 5.92 Å². The Morgan fingerprint density at radius 1 is 1.21 bits per heavy atom. The molecule has 0 bridgehead atoms. The molecular weight excluding hydrogens is 404 g/mol. The highest BCUT2D eigenvalue weighted by Crippen LogP contribution is 2.42. The molecule has 1 aliphatic heterocycles. The van der Waals surface area contributed by atoms with Crippen LogP contribution in [-0.4, -0.2) is 11.9 Å². The van der Waals surface area contributed by atoms with Crippen molar-refractivity contribution in [3.05, 3.63) is 68.2 Å². The quantitative estimate of drug-likeness (QED) is 0.458. The molecule has 29 heavy (non-hydrogen) atoms. The Labute approximate surface area is 176 Å². The number of thiophene rings is 2. The zero-order valence-electron chi connectivity index (χ0n) is 15.9. The number of carbonyl (C=O) groups excluding carboxylic acids is 2. The number of nitrogens with one attached hydrogen (secondary N) is 2. The van der Waals surface area contributed by atoms with Crippen LogP contribution in [0.3, 0.4) is 0 Å². The fourth-order valence-electron chi connectivity index (χ4n) is 3.94. The summed E-state index contributed by atoms with van der Waals surface area (Å²) < 4.78 is 5.50. The summed E-state index contributed by atoms with van der Waals surface area (Å²) in [7, 11) is 0. The second kappa shape index (κ2) is 7.31. The van der Waals surface area contributed by atoms with Crippen LogP contribution in [0.1, 0.15) is 55.5 Å². The lowest BCUT2D eigenvalue weighted by Gasteiger charge is -2.27. The summed E-state index contributed by atoms with van der Waals surface area (Å²) in [6.45, 7) is 2.26. The van der Waals surface area contributed by atoms with E-state index in [1.165, 1.54) is 21.8 Å². The molecule has 2 atom stereocenters. The lowest BCUT2D eigenvalue weighted by Crippen LogP contribution is -2.38. The molecule has 1 amide bonds. The summed E-state index contributed by atoms with van der Waals surface area (Å²) in [6.07, 6.45) is 2.79. The third kappa shape index (κ3) is 3.45. The largest absolute Gasteiger partial charge is 0.422 e. The molecule has 0 saturated heterocycles. The first-order valence-corrected chi connectivity index (χ1v) is 11.4. The predicted octanol–water partition coefficient (Wildman–Crippen LogP) is 5.01. The number of anilines is 1. The minimum Gasteiger partial charge on any atom is -0.422 e. The Kier molecular flexibility index (Phi) is 4.64. The first kappa shape index (κ1) is 18.4. The maximum Gasteiger partial charge on any atom is 0.353 e. The normalized spacial score (nSPS) is 20.2. The molecule has 7 heteroatoms. The maximum atomic E-state index is 12.9. The second-order valence-corrected chi connectivity index (χ2v) is 9.60. The van der Waals surface area contributed by atoms with Gasteiger partial charge in [-0.2, -0.15) is 0 Å². The molecule has 0 spiro atoms. The first-order chi connectivity index (χ1) is 14.1. The van der Waals surface area contributed by atoms with Crippen LogP contribution in [0, 0.1) is 5.92 Å². The highest BCUT2D eigenvalue weighted by molar-refractivity contribution is 7.16. The number of esters is 1. The van der Waals surface area contributed by atoms with Crippen LogP contribution < -0.4 is 15.4 Å². The van der Waals surface area contributed by atoms with Gasteiger partial charge >= 0.3 is 5.97 Å². The predicted molar refractivity (Wildman–Crippen MR) is 115 cm³/mol. The molecule has 0 fully saturated rings. The van der Waals surface area contributed by atoms with Gasteiger partial charge in [0.1, 0.15) is 21.8 Å². The van der Waals surface area contributed by atoms with Gasteiger partial charge in [0.2, 0.25) is 0 Å². The van der Waals surface area contributed by atoms with Crippen molar-refractivity contribution in [1.29, 1.82) is 0 Å². The van der Waals surface area contributed by atoms with Crippen molar-refractivity contribution in [2.45, 2.75) is 32.4 Å². The van der Waals surface area contributed by atoms with Crippen molar-refractivity contribution < 1.29 is 14.3 Å². The van der Waals surface area contributed by atoms with Crippen molar-refractivity contribution in [3.8, 4) is 5.75 Å². The number of fused-ring (bicyclic) bond motifs is 3. The zero-order valence-corrected chi connectivity index (χ0v) is 17.5. The third-order valence-corrected chi connectivity index (χ3v) is 7.45. The van der Waals surface area contributed by atoms with Gasteiger partial charge in [0.15, 0.2) is 0 Å². The highest BCUT2D eigenvalue weighted by atomic mass is 32.1. The van der Waals surface area contributed by atoms with E-state index in [1.54, 1.807) is 29.5 Å². The van der Waals surface area contributed by atoms with Crippen molar-refractivity contribution in [1.82, 2.24) is 5.32 Å². The SMILES string of the molecule is C[C@H]1CCc2c(sc3c2C(=O)N[C@@H](c2cccc(OC(=O)c4cccs4)c2)N3)C1. The van der Waals surface area contributed by atoms with Crippen LogP contribution in [-0.2, 0) is 12.8 Å². The van der Waals surface area contributed by atoms with Gasteiger partial charge in [-0.3, -0.25) is 4.79 Å². The van der Waals surface area contributed by atoms with E-state index in [1.807, 2.05) is 23.6 Å². The van der Waals surface area contributed by atoms with Gasteiger partial charge in [0.05, 0.1) is 5.56 Å². The summed E-state index contributed by atoms with van der Waals surface area (Å²) in [5, 5.41) is 9.32. The number of amides is 1. The van der Waals surface area contributed by atoms with Crippen molar-refractivity contribution >= 4 is 39.6 Å². The van der Waals surface area contributed by atoms with Crippen LogP contribution in [0.25, 0.3) is 0 Å². The van der Waals surface area contributed by atoms with E-state index < -0.39 is 0 Å². The Morgan fingerprint density at radius 3 is 2.93 bits per heavy atom. The van der Waals surface area contributed by atoms with E-state index in [4.69, 9.17) is 4.74 Å². The molecule has 148 valence electrons. The van der Waals surface area contributed by atoms with Gasteiger partial charge < -0.3 is 15.4 Å². The van der Waals surface area contributed by atoms with Gasteiger partial charge in [-0.15, -0.1) is 22.7 Å². The number of hydrogen-bond acceptors (Lipinski definition) is 6. The average Bonchev–Trinajstić information content (AvgIpc) is 3.35. The summed E-state index contributed by atoms with van der Waals surface area (Å²) in [5.74, 6) is 0.718. The number of ether oxygens (including phenoxy) is 1. The molecule has 0 radical (unpaired) electrons. The fourth-order valence-corrected chi connectivity index (χ4v) is 5.97. The molecule has 0 unspecified atom stereocenters. The molecule has 5 rings (SSSR count). The average molecular weight is 425 g/mol. The van der Waals surface area contributed by atoms with E-state index in [9.17, 15) is 9.59 Å². The minimum atomic E-state index is -0.375. The molecular formula is C22H20N2O3S2. The molecule has 0 saturated carbocycles. The van der Waals surface area contributed by atoms with E-state index in [2.05, 4.69) is 17.6 Å². The molecule has 2 aliphatic rings. The molecule has 5 nitrogen and oxygen atoms in total. The zero-order chi connectivity index (χ0) is 20.0. The molecule has 2 aromatic heterocycles. The second-order valence-electron chi connectivity index (χ2n) is 7.55. The summed E-state index contributed by atoms with van der Waals surface area (Å²) in [4.78, 5) is 27.0. The smallest absolute Gasteiger partial charge is 0.353 e. The topological polar surface area (TPSA) is 67.4 Å². The number of benzene rings is 1. The van der Waals surface area contributed by atoms with Crippen LogP contribution in [0.2, 0.25) is 0 Å². The van der Waals surface area contributed by atoms with E-state index in [0.29, 0.717) is 16.5 Å². The number of rotatable bonds is 3. The Balaban J connectivity index is 1.39. The first-order valence-electron chi connectivity index (χ1n) is 9.66. The third-order valence-electron chi connectivity index (χ3n) is 5.41. The van der Waals surface area contributed by atoms with E-state index >= 15 is 0 Å². The summed E-state index contributed by atoms with van der Waals surface area (Å²) in [6, 6.07) is 10.8. The van der Waals surface area contributed by atoms with Crippen molar-refractivity contribution in [2.75, 3.05) is 5.32 Å². The van der Waals surface area contributed by atoms with Gasteiger partial charge in [-0.05, 0) is 59.9 Å².